The van der Waals surface area contributed by atoms with Crippen molar-refractivity contribution in [2.45, 2.75) is 50.4 Å². The molecule has 1 heterocycles. The second kappa shape index (κ2) is 10.9. The molecule has 4 rings (SSSR count). The maximum Gasteiger partial charge on any atom is 0.233 e. The third kappa shape index (κ3) is 5.21. The molecule has 2 aromatic rings. The molecule has 0 unspecified atom stereocenters. The first-order valence-electron chi connectivity index (χ1n) is 12.4. The second-order valence-electron chi connectivity index (χ2n) is 9.40. The Balaban J connectivity index is 1.38. The summed E-state index contributed by atoms with van der Waals surface area (Å²) in [5.41, 5.74) is 1.72. The number of benzene rings is 2. The Labute approximate surface area is 202 Å². The van der Waals surface area contributed by atoms with Gasteiger partial charge < -0.3 is 19.3 Å². The summed E-state index contributed by atoms with van der Waals surface area (Å²) in [6, 6.07) is 15.9. The Morgan fingerprint density at radius 3 is 2.21 bits per heavy atom. The third-order valence-corrected chi connectivity index (χ3v) is 7.41. The van der Waals surface area contributed by atoms with Crippen molar-refractivity contribution >= 4 is 11.8 Å². The Morgan fingerprint density at radius 2 is 1.50 bits per heavy atom. The van der Waals surface area contributed by atoms with Crippen molar-refractivity contribution in [2.75, 3.05) is 40.4 Å². The van der Waals surface area contributed by atoms with Gasteiger partial charge in [0.2, 0.25) is 11.8 Å². The van der Waals surface area contributed by atoms with Crippen LogP contribution >= 0.6 is 0 Å². The lowest BCUT2D eigenvalue weighted by Crippen LogP contribution is -2.47. The summed E-state index contributed by atoms with van der Waals surface area (Å²) >= 11 is 0. The van der Waals surface area contributed by atoms with Gasteiger partial charge in [0, 0.05) is 32.6 Å². The highest BCUT2D eigenvalue weighted by Crippen LogP contribution is 2.43. The molecular formula is C28H36N2O4. The molecule has 34 heavy (non-hydrogen) atoms. The average Bonchev–Trinajstić information content (AvgIpc) is 3.26. The van der Waals surface area contributed by atoms with Crippen LogP contribution in [0.25, 0.3) is 0 Å². The smallest absolute Gasteiger partial charge is 0.233 e. The first-order valence-corrected chi connectivity index (χ1v) is 12.4. The van der Waals surface area contributed by atoms with Crippen molar-refractivity contribution in [1.82, 2.24) is 9.80 Å². The van der Waals surface area contributed by atoms with Crippen LogP contribution in [0.3, 0.4) is 0 Å². The number of rotatable bonds is 7. The van der Waals surface area contributed by atoms with E-state index >= 15 is 0 Å². The number of hydrogen-bond acceptors (Lipinski definition) is 4. The molecule has 2 aliphatic rings. The topological polar surface area (TPSA) is 59.1 Å². The minimum absolute atomic E-state index is 0.161. The number of nitrogens with zero attached hydrogens (tertiary/aromatic N) is 2. The predicted octanol–water partition coefficient (Wildman–Crippen LogP) is 4.21. The van der Waals surface area contributed by atoms with Gasteiger partial charge in [0.1, 0.15) is 11.5 Å². The van der Waals surface area contributed by atoms with E-state index in [1.165, 1.54) is 0 Å². The molecule has 6 heteroatoms. The zero-order valence-electron chi connectivity index (χ0n) is 20.4. The van der Waals surface area contributed by atoms with E-state index in [1.807, 2.05) is 52.3 Å². The molecule has 182 valence electrons. The van der Waals surface area contributed by atoms with Crippen LogP contribution in [0.5, 0.6) is 11.5 Å². The molecule has 2 amide bonds. The second-order valence-corrected chi connectivity index (χ2v) is 9.40. The van der Waals surface area contributed by atoms with Crippen molar-refractivity contribution in [3.8, 4) is 11.5 Å². The number of ether oxygens (including phenoxy) is 2. The lowest BCUT2D eigenvalue weighted by molar-refractivity contribution is -0.138. The molecule has 1 aliphatic carbocycles. The van der Waals surface area contributed by atoms with Gasteiger partial charge in [-0.2, -0.15) is 0 Å². The van der Waals surface area contributed by atoms with Gasteiger partial charge in [-0.05, 0) is 61.1 Å². The van der Waals surface area contributed by atoms with Crippen LogP contribution in [-0.2, 0) is 21.4 Å². The van der Waals surface area contributed by atoms with E-state index in [4.69, 9.17) is 9.47 Å². The van der Waals surface area contributed by atoms with Gasteiger partial charge in [-0.1, -0.05) is 37.1 Å². The number of hydrogen-bond donors (Lipinski definition) is 0. The Morgan fingerprint density at radius 1 is 0.824 bits per heavy atom. The van der Waals surface area contributed by atoms with Crippen molar-refractivity contribution < 1.29 is 19.1 Å². The lowest BCUT2D eigenvalue weighted by Gasteiger charge is -2.34. The highest BCUT2D eigenvalue weighted by molar-refractivity contribution is 5.89. The SMILES string of the molecule is COc1ccc(CCC(=O)N2CCCN(C(=O)C3(c4cccc(OC)c4)CCCC3)CC2)cc1. The van der Waals surface area contributed by atoms with Crippen LogP contribution < -0.4 is 9.47 Å². The summed E-state index contributed by atoms with van der Waals surface area (Å²) in [5.74, 6) is 1.99. The molecule has 0 radical (unpaired) electrons. The zero-order chi connectivity index (χ0) is 24.0. The normalized spacial score (nSPS) is 17.8. The minimum atomic E-state index is -0.470. The summed E-state index contributed by atoms with van der Waals surface area (Å²) in [4.78, 5) is 30.7. The Bertz CT molecular complexity index is 982. The number of methoxy groups -OCH3 is 2. The fourth-order valence-corrected chi connectivity index (χ4v) is 5.40. The Kier molecular flexibility index (Phi) is 7.76. The van der Waals surface area contributed by atoms with Crippen LogP contribution in [0, 0.1) is 0 Å². The predicted molar refractivity (Wildman–Crippen MR) is 132 cm³/mol. The molecule has 0 bridgehead atoms. The molecule has 0 N–H and O–H groups in total. The van der Waals surface area contributed by atoms with Crippen molar-refractivity contribution in [1.29, 1.82) is 0 Å². The van der Waals surface area contributed by atoms with Gasteiger partial charge >= 0.3 is 0 Å². The fraction of sp³-hybridized carbons (Fsp3) is 0.500. The van der Waals surface area contributed by atoms with E-state index in [0.717, 1.165) is 54.7 Å². The molecule has 6 nitrogen and oxygen atoms in total. The molecule has 2 fully saturated rings. The lowest BCUT2D eigenvalue weighted by atomic mass is 9.77. The van der Waals surface area contributed by atoms with Gasteiger partial charge in [-0.3, -0.25) is 9.59 Å². The van der Waals surface area contributed by atoms with Gasteiger partial charge in [0.15, 0.2) is 0 Å². The van der Waals surface area contributed by atoms with E-state index in [-0.39, 0.29) is 11.8 Å². The summed E-state index contributed by atoms with van der Waals surface area (Å²) in [5, 5.41) is 0. The van der Waals surface area contributed by atoms with Crippen molar-refractivity contribution in [3.63, 3.8) is 0 Å². The first kappa shape index (κ1) is 24.1. The molecular weight excluding hydrogens is 428 g/mol. The fourth-order valence-electron chi connectivity index (χ4n) is 5.40. The summed E-state index contributed by atoms with van der Waals surface area (Å²) < 4.78 is 10.6. The standard InChI is InChI=1S/C28H36N2O4/c1-33-24-12-9-22(10-13-24)11-14-26(31)29-17-6-18-30(20-19-29)27(32)28(15-3-4-16-28)23-7-5-8-25(21-23)34-2/h5,7-10,12-13,21H,3-4,6,11,14-20H2,1-2H3. The van der Waals surface area contributed by atoms with Gasteiger partial charge in [-0.25, -0.2) is 0 Å². The average molecular weight is 465 g/mol. The first-order chi connectivity index (χ1) is 16.6. The molecule has 0 atom stereocenters. The number of amides is 2. The van der Waals surface area contributed by atoms with E-state index in [2.05, 4.69) is 6.07 Å². The summed E-state index contributed by atoms with van der Waals surface area (Å²) in [7, 11) is 3.31. The molecule has 2 aromatic carbocycles. The van der Waals surface area contributed by atoms with Crippen LogP contribution in [-0.4, -0.2) is 62.0 Å². The van der Waals surface area contributed by atoms with Crippen molar-refractivity contribution in [2.24, 2.45) is 0 Å². The monoisotopic (exact) mass is 464 g/mol. The maximum atomic E-state index is 13.9. The minimum Gasteiger partial charge on any atom is -0.497 e. The highest BCUT2D eigenvalue weighted by atomic mass is 16.5. The Hall–Kier alpha value is -3.02. The summed E-state index contributed by atoms with van der Waals surface area (Å²) in [6.45, 7) is 2.60. The molecule has 0 aromatic heterocycles. The molecule has 1 saturated heterocycles. The zero-order valence-corrected chi connectivity index (χ0v) is 20.4. The third-order valence-electron chi connectivity index (χ3n) is 7.41. The number of carbonyl (C=O) groups excluding carboxylic acids is 2. The van der Waals surface area contributed by atoms with E-state index in [1.54, 1.807) is 14.2 Å². The highest BCUT2D eigenvalue weighted by Gasteiger charge is 2.45. The molecule has 1 saturated carbocycles. The quantitative estimate of drug-likeness (QED) is 0.616. The number of carbonyl (C=O) groups is 2. The van der Waals surface area contributed by atoms with Crippen LogP contribution in [0.15, 0.2) is 48.5 Å². The van der Waals surface area contributed by atoms with E-state index in [9.17, 15) is 9.59 Å². The largest absolute Gasteiger partial charge is 0.497 e. The van der Waals surface area contributed by atoms with Crippen LogP contribution in [0.2, 0.25) is 0 Å². The van der Waals surface area contributed by atoms with Crippen LogP contribution in [0.4, 0.5) is 0 Å². The van der Waals surface area contributed by atoms with E-state index in [0.29, 0.717) is 39.0 Å². The number of aryl methyl sites for hydroxylation is 1. The van der Waals surface area contributed by atoms with Crippen molar-refractivity contribution in [3.05, 3.63) is 59.7 Å². The van der Waals surface area contributed by atoms with Gasteiger partial charge in [0.25, 0.3) is 0 Å². The van der Waals surface area contributed by atoms with E-state index < -0.39 is 5.41 Å². The van der Waals surface area contributed by atoms with Crippen LogP contribution in [0.1, 0.15) is 49.7 Å². The molecule has 0 spiro atoms. The molecule has 1 aliphatic heterocycles. The van der Waals surface area contributed by atoms with Gasteiger partial charge in [-0.15, -0.1) is 0 Å². The van der Waals surface area contributed by atoms with Gasteiger partial charge in [0.05, 0.1) is 19.6 Å². The summed E-state index contributed by atoms with van der Waals surface area (Å²) in [6.07, 6.45) is 5.88. The maximum absolute atomic E-state index is 13.9.